The van der Waals surface area contributed by atoms with Gasteiger partial charge < -0.3 is 19.9 Å². The summed E-state index contributed by atoms with van der Waals surface area (Å²) in [7, 11) is -3.22. The summed E-state index contributed by atoms with van der Waals surface area (Å²) in [5.74, 6) is -2.33. The summed E-state index contributed by atoms with van der Waals surface area (Å²) < 4.78 is 32.3. The lowest BCUT2D eigenvalue weighted by molar-refractivity contribution is -0.149. The molecule has 2 saturated heterocycles. The van der Waals surface area contributed by atoms with Crippen molar-refractivity contribution in [1.29, 1.82) is 0 Å². The van der Waals surface area contributed by atoms with Crippen LogP contribution in [0.1, 0.15) is 77.7 Å². The lowest BCUT2D eigenvalue weighted by Gasteiger charge is -2.36. The average molecular weight is 784 g/mol. The monoisotopic (exact) mass is 783 g/mol. The Kier molecular flexibility index (Phi) is 11.0. The van der Waals surface area contributed by atoms with Gasteiger partial charge in [0.05, 0.1) is 23.7 Å². The van der Waals surface area contributed by atoms with Gasteiger partial charge in [0.1, 0.15) is 23.4 Å². The molecule has 1 aromatic heterocycles. The van der Waals surface area contributed by atoms with E-state index in [1.807, 2.05) is 87.2 Å². The molecule has 4 aliphatic rings. The number of hydrogen-bond acceptors (Lipinski definition) is 8. The second-order valence-electron chi connectivity index (χ2n) is 17.1. The van der Waals surface area contributed by atoms with Gasteiger partial charge in [-0.25, -0.2) is 17.7 Å². The Balaban J connectivity index is 1.22. The van der Waals surface area contributed by atoms with Gasteiger partial charge in [-0.15, -0.1) is 6.58 Å². The molecular formula is C43H53N5O7S. The van der Waals surface area contributed by atoms with Crippen molar-refractivity contribution in [2.45, 2.75) is 103 Å². The predicted molar refractivity (Wildman–Crippen MR) is 214 cm³/mol. The molecule has 2 aliphatic heterocycles. The van der Waals surface area contributed by atoms with E-state index < -0.39 is 63.7 Å². The Hall–Kier alpha value is -4.78. The molecule has 5 atom stereocenters. The molecule has 12 nitrogen and oxygen atoms in total. The number of aromatic nitrogens is 1. The van der Waals surface area contributed by atoms with Gasteiger partial charge in [0.2, 0.25) is 28.6 Å². The van der Waals surface area contributed by atoms with Crippen LogP contribution in [0.25, 0.3) is 22.2 Å². The number of carbonyl (C=O) groups excluding carboxylic acids is 4. The standard InChI is InChI=1S/C43H53N5O7S/c1-6-29-25-43(29,41(52)48(56(53)54)30-16-17-30)45-39(50)36-22-31(26-47(36)40(51)33(42(3,4)5)23-38(49)46-19-11-8-12-20-46)55-37-24-35(28-13-9-7-10-14-28)44-34-18-15-27(2)21-32(34)37/h6-7,9-10,13-15,18,21,24,29-31,33,36,56H,1,8,11-12,16-17,19-20,22-23,25-26H2,2-5H3,(H,45,50)/t29?,31-,33-,36+,43-/m1/s1. The summed E-state index contributed by atoms with van der Waals surface area (Å²) in [6, 6.07) is 16.1. The van der Waals surface area contributed by atoms with E-state index in [-0.39, 0.29) is 37.6 Å². The zero-order chi connectivity index (χ0) is 39.9. The van der Waals surface area contributed by atoms with Crippen molar-refractivity contribution in [3.63, 3.8) is 0 Å². The highest BCUT2D eigenvalue weighted by Gasteiger charge is 2.63. The summed E-state index contributed by atoms with van der Waals surface area (Å²) in [6.45, 7) is 13.0. The second kappa shape index (κ2) is 15.6. The van der Waals surface area contributed by atoms with Gasteiger partial charge in [-0.05, 0) is 63.0 Å². The number of amides is 4. The first-order valence-corrected chi connectivity index (χ1v) is 21.0. The Morgan fingerprint density at radius 2 is 1.77 bits per heavy atom. The van der Waals surface area contributed by atoms with Crippen LogP contribution in [0.2, 0.25) is 0 Å². The first-order chi connectivity index (χ1) is 26.7. The summed E-state index contributed by atoms with van der Waals surface area (Å²) in [4.78, 5) is 65.3. The van der Waals surface area contributed by atoms with Crippen molar-refractivity contribution in [3.05, 3.63) is 72.8 Å². The third-order valence-corrected chi connectivity index (χ3v) is 12.7. The Bertz CT molecular complexity index is 2100. The fourth-order valence-electron chi connectivity index (χ4n) is 8.34. The van der Waals surface area contributed by atoms with Gasteiger partial charge in [-0.2, -0.15) is 0 Å². The quantitative estimate of drug-likeness (QED) is 0.188. The number of hydrogen-bond donors (Lipinski definition) is 2. The van der Waals surface area contributed by atoms with Crippen LogP contribution in [-0.2, 0) is 30.1 Å². The van der Waals surface area contributed by atoms with Crippen molar-refractivity contribution < 1.29 is 32.3 Å². The number of benzene rings is 2. The largest absolute Gasteiger partial charge is 0.488 e. The molecule has 1 N–H and O–H groups in total. The van der Waals surface area contributed by atoms with Crippen molar-refractivity contribution in [3.8, 4) is 17.0 Å². The molecule has 56 heavy (non-hydrogen) atoms. The fraction of sp³-hybridized carbons (Fsp3) is 0.512. The van der Waals surface area contributed by atoms with Crippen LogP contribution in [0.4, 0.5) is 0 Å². The molecule has 0 spiro atoms. The highest BCUT2D eigenvalue weighted by Crippen LogP contribution is 2.48. The minimum Gasteiger partial charge on any atom is -0.488 e. The zero-order valence-electron chi connectivity index (χ0n) is 32.7. The molecule has 7 rings (SSSR count). The third-order valence-electron chi connectivity index (χ3n) is 11.9. The Labute approximate surface area is 330 Å². The molecule has 0 bridgehead atoms. The SMILES string of the molecule is C=CC1C[C@]1(NC(=O)[C@@H]1C[C@@H](Oc2cc(-c3ccccc3)nc3ccc(C)cc23)CN1C(=O)[C@@H](CC(=O)N1CCCCC1)C(C)(C)C)C(=O)N(C1CC1)[SH](=O)=O. The maximum atomic E-state index is 14.9. The molecule has 4 fully saturated rings. The number of fused-ring (bicyclic) bond motifs is 1. The van der Waals surface area contributed by atoms with E-state index in [0.29, 0.717) is 37.4 Å². The minimum absolute atomic E-state index is 0.00125. The van der Waals surface area contributed by atoms with Crippen LogP contribution < -0.4 is 10.1 Å². The second-order valence-corrected chi connectivity index (χ2v) is 18.0. The molecule has 2 saturated carbocycles. The topological polar surface area (TPSA) is 146 Å². The van der Waals surface area contributed by atoms with Gasteiger partial charge in [-0.3, -0.25) is 19.2 Å². The van der Waals surface area contributed by atoms with Crippen LogP contribution in [0.3, 0.4) is 0 Å². The van der Waals surface area contributed by atoms with E-state index in [0.717, 1.165) is 45.6 Å². The highest BCUT2D eigenvalue weighted by molar-refractivity contribution is 7.70. The van der Waals surface area contributed by atoms with Crippen LogP contribution in [-0.4, -0.2) is 94.5 Å². The van der Waals surface area contributed by atoms with Gasteiger partial charge in [-0.1, -0.05) is 68.8 Å². The van der Waals surface area contributed by atoms with Gasteiger partial charge in [0.15, 0.2) is 0 Å². The van der Waals surface area contributed by atoms with Crippen molar-refractivity contribution >= 4 is 45.4 Å². The Morgan fingerprint density at radius 1 is 1.05 bits per heavy atom. The first kappa shape index (κ1) is 39.5. The number of piperidine rings is 1. The number of aryl methyl sites for hydroxylation is 1. The number of ether oxygens (including phenoxy) is 1. The van der Waals surface area contributed by atoms with Crippen molar-refractivity contribution in [2.24, 2.45) is 17.3 Å². The number of likely N-dealkylation sites (tertiary alicyclic amines) is 2. The fourth-order valence-corrected chi connectivity index (χ4v) is 9.17. The summed E-state index contributed by atoms with van der Waals surface area (Å²) in [6.07, 6.45) is 5.29. The minimum atomic E-state index is -3.22. The van der Waals surface area contributed by atoms with Gasteiger partial charge in [0.25, 0.3) is 5.91 Å². The molecule has 2 aliphatic carbocycles. The Morgan fingerprint density at radius 3 is 2.39 bits per heavy atom. The number of pyridine rings is 1. The lowest BCUT2D eigenvalue weighted by atomic mass is 9.77. The summed E-state index contributed by atoms with van der Waals surface area (Å²) in [5, 5.41) is 3.72. The first-order valence-electron chi connectivity index (χ1n) is 19.8. The van der Waals surface area contributed by atoms with Crippen molar-refractivity contribution in [2.75, 3.05) is 19.6 Å². The predicted octanol–water partition coefficient (Wildman–Crippen LogP) is 5.20. The van der Waals surface area contributed by atoms with E-state index in [4.69, 9.17) is 9.72 Å². The zero-order valence-corrected chi connectivity index (χ0v) is 33.6. The molecule has 2 aromatic carbocycles. The maximum absolute atomic E-state index is 14.9. The molecule has 0 radical (unpaired) electrons. The average Bonchev–Trinajstić information content (AvgIpc) is 4.10. The number of carbonyl (C=O) groups is 4. The maximum Gasteiger partial charge on any atom is 0.262 e. The number of rotatable bonds is 12. The van der Waals surface area contributed by atoms with E-state index in [1.54, 1.807) is 6.08 Å². The van der Waals surface area contributed by atoms with E-state index in [9.17, 15) is 27.6 Å². The summed E-state index contributed by atoms with van der Waals surface area (Å²) in [5.41, 5.74) is 1.25. The summed E-state index contributed by atoms with van der Waals surface area (Å²) >= 11 is 0. The van der Waals surface area contributed by atoms with Crippen LogP contribution in [0.15, 0.2) is 67.3 Å². The molecule has 13 heteroatoms. The van der Waals surface area contributed by atoms with Gasteiger partial charge >= 0.3 is 0 Å². The third kappa shape index (κ3) is 8.05. The molecule has 3 heterocycles. The lowest BCUT2D eigenvalue weighted by Crippen LogP contribution is -2.57. The van der Waals surface area contributed by atoms with Crippen LogP contribution in [0, 0.1) is 24.2 Å². The van der Waals surface area contributed by atoms with Crippen LogP contribution in [0.5, 0.6) is 5.75 Å². The number of thiol groups is 1. The normalized spacial score (nSPS) is 24.1. The molecule has 3 aromatic rings. The highest BCUT2D eigenvalue weighted by atomic mass is 32.2. The van der Waals surface area contributed by atoms with Crippen LogP contribution >= 0.6 is 0 Å². The van der Waals surface area contributed by atoms with E-state index in [1.165, 1.54) is 4.90 Å². The number of nitrogens with one attached hydrogen (secondary N) is 1. The van der Waals surface area contributed by atoms with Crippen molar-refractivity contribution in [1.82, 2.24) is 24.4 Å². The molecular weight excluding hydrogens is 731 g/mol. The molecule has 1 unspecified atom stereocenters. The molecule has 4 amide bonds. The molecule has 298 valence electrons. The van der Waals surface area contributed by atoms with E-state index in [2.05, 4.69) is 11.9 Å². The smallest absolute Gasteiger partial charge is 0.262 e. The van der Waals surface area contributed by atoms with Gasteiger partial charge in [0, 0.05) is 54.9 Å². The number of nitrogens with zero attached hydrogens (tertiary/aromatic N) is 4. The van der Waals surface area contributed by atoms with E-state index >= 15 is 0 Å².